The summed E-state index contributed by atoms with van der Waals surface area (Å²) >= 11 is 3.41. The summed E-state index contributed by atoms with van der Waals surface area (Å²) in [7, 11) is 1.85. The highest BCUT2D eigenvalue weighted by molar-refractivity contribution is 9.10. The van der Waals surface area contributed by atoms with Crippen molar-refractivity contribution < 1.29 is 4.79 Å². The Balaban J connectivity index is 2.52. The summed E-state index contributed by atoms with van der Waals surface area (Å²) in [5, 5.41) is 0. The van der Waals surface area contributed by atoms with Crippen LogP contribution in [0, 0.1) is 11.8 Å². The van der Waals surface area contributed by atoms with Crippen molar-refractivity contribution in [3.63, 3.8) is 0 Å². The average Bonchev–Trinajstić information content (AvgIpc) is 2.38. The standard InChI is InChI=1S/C15H23BrN2O/c1-11(2)14(10-17)15(19)18(3)9-8-12-4-6-13(16)7-5-12/h4-7,11,14H,8-10,17H2,1-3H3. The molecular formula is C15H23BrN2O. The van der Waals surface area contributed by atoms with Gasteiger partial charge in [0.05, 0.1) is 5.92 Å². The Morgan fingerprint density at radius 2 is 1.89 bits per heavy atom. The van der Waals surface area contributed by atoms with Crippen molar-refractivity contribution in [2.45, 2.75) is 20.3 Å². The Morgan fingerprint density at radius 3 is 2.37 bits per heavy atom. The predicted molar refractivity (Wildman–Crippen MR) is 82.9 cm³/mol. The summed E-state index contributed by atoms with van der Waals surface area (Å²) in [6, 6.07) is 8.19. The highest BCUT2D eigenvalue weighted by Crippen LogP contribution is 2.14. The molecule has 106 valence electrons. The van der Waals surface area contributed by atoms with Gasteiger partial charge in [0.1, 0.15) is 0 Å². The maximum absolute atomic E-state index is 12.2. The maximum Gasteiger partial charge on any atom is 0.226 e. The van der Waals surface area contributed by atoms with Gasteiger partial charge in [-0.15, -0.1) is 0 Å². The number of likely N-dealkylation sites (N-methyl/N-ethyl adjacent to an activating group) is 1. The zero-order chi connectivity index (χ0) is 14.4. The number of hydrogen-bond acceptors (Lipinski definition) is 2. The molecule has 0 aliphatic heterocycles. The van der Waals surface area contributed by atoms with Gasteiger partial charge in [0, 0.05) is 24.6 Å². The van der Waals surface area contributed by atoms with E-state index in [1.54, 1.807) is 4.90 Å². The molecule has 0 saturated heterocycles. The Morgan fingerprint density at radius 1 is 1.32 bits per heavy atom. The normalized spacial score (nSPS) is 12.5. The fraction of sp³-hybridized carbons (Fsp3) is 0.533. The third kappa shape index (κ3) is 4.96. The first-order valence-electron chi connectivity index (χ1n) is 6.65. The number of rotatable bonds is 6. The largest absolute Gasteiger partial charge is 0.345 e. The second-order valence-electron chi connectivity index (χ2n) is 5.22. The lowest BCUT2D eigenvalue weighted by Crippen LogP contribution is -2.40. The number of hydrogen-bond donors (Lipinski definition) is 1. The fourth-order valence-corrected chi connectivity index (χ4v) is 2.26. The summed E-state index contributed by atoms with van der Waals surface area (Å²) in [4.78, 5) is 14.0. The highest BCUT2D eigenvalue weighted by atomic mass is 79.9. The van der Waals surface area contributed by atoms with E-state index in [1.807, 2.05) is 33.0 Å². The number of halogens is 1. The van der Waals surface area contributed by atoms with E-state index >= 15 is 0 Å². The van der Waals surface area contributed by atoms with Gasteiger partial charge < -0.3 is 10.6 Å². The van der Waals surface area contributed by atoms with Gasteiger partial charge in [-0.1, -0.05) is 41.9 Å². The van der Waals surface area contributed by atoms with Crippen LogP contribution in [0.1, 0.15) is 19.4 Å². The molecule has 0 saturated carbocycles. The summed E-state index contributed by atoms with van der Waals surface area (Å²) < 4.78 is 1.07. The molecule has 1 amide bonds. The van der Waals surface area contributed by atoms with E-state index in [-0.39, 0.29) is 17.7 Å². The van der Waals surface area contributed by atoms with Crippen LogP contribution in [0.4, 0.5) is 0 Å². The van der Waals surface area contributed by atoms with Gasteiger partial charge >= 0.3 is 0 Å². The summed E-state index contributed by atoms with van der Waals surface area (Å²) in [5.74, 6) is 0.358. The van der Waals surface area contributed by atoms with Crippen LogP contribution in [-0.2, 0) is 11.2 Å². The van der Waals surface area contributed by atoms with Crippen LogP contribution < -0.4 is 5.73 Å². The molecule has 2 N–H and O–H groups in total. The van der Waals surface area contributed by atoms with Crippen LogP contribution in [-0.4, -0.2) is 30.9 Å². The zero-order valence-electron chi connectivity index (χ0n) is 11.9. The van der Waals surface area contributed by atoms with Crippen LogP contribution in [0.2, 0.25) is 0 Å². The third-order valence-electron chi connectivity index (χ3n) is 3.40. The smallest absolute Gasteiger partial charge is 0.226 e. The first kappa shape index (κ1) is 16.2. The second kappa shape index (κ2) is 7.65. The van der Waals surface area contributed by atoms with E-state index in [0.29, 0.717) is 6.54 Å². The van der Waals surface area contributed by atoms with Gasteiger partial charge in [0.15, 0.2) is 0 Å². The van der Waals surface area contributed by atoms with Gasteiger partial charge in [-0.3, -0.25) is 4.79 Å². The van der Waals surface area contributed by atoms with Crippen molar-refractivity contribution in [2.24, 2.45) is 17.6 Å². The van der Waals surface area contributed by atoms with Crippen molar-refractivity contribution in [1.29, 1.82) is 0 Å². The third-order valence-corrected chi connectivity index (χ3v) is 3.93. The van der Waals surface area contributed by atoms with E-state index in [4.69, 9.17) is 5.73 Å². The number of benzene rings is 1. The molecule has 0 radical (unpaired) electrons. The molecule has 0 aliphatic carbocycles. The minimum Gasteiger partial charge on any atom is -0.345 e. The maximum atomic E-state index is 12.2. The molecule has 1 rings (SSSR count). The van der Waals surface area contributed by atoms with Crippen LogP contribution in [0.3, 0.4) is 0 Å². The van der Waals surface area contributed by atoms with Gasteiger partial charge in [-0.2, -0.15) is 0 Å². The average molecular weight is 327 g/mol. The molecule has 1 aromatic carbocycles. The molecule has 1 atom stereocenters. The predicted octanol–water partition coefficient (Wildman–Crippen LogP) is 2.68. The number of nitrogens with two attached hydrogens (primary N) is 1. The van der Waals surface area contributed by atoms with Crippen molar-refractivity contribution >= 4 is 21.8 Å². The van der Waals surface area contributed by atoms with Gasteiger partial charge in [-0.05, 0) is 30.0 Å². The molecule has 0 fully saturated rings. The van der Waals surface area contributed by atoms with Crippen molar-refractivity contribution in [1.82, 2.24) is 4.90 Å². The van der Waals surface area contributed by atoms with Gasteiger partial charge in [0.2, 0.25) is 5.91 Å². The van der Waals surface area contributed by atoms with E-state index in [9.17, 15) is 4.79 Å². The molecule has 0 bridgehead atoms. The fourth-order valence-electron chi connectivity index (χ4n) is 2.00. The summed E-state index contributed by atoms with van der Waals surface area (Å²) in [5.41, 5.74) is 6.92. The van der Waals surface area contributed by atoms with Crippen LogP contribution >= 0.6 is 15.9 Å². The Hall–Kier alpha value is -0.870. The number of nitrogens with zero attached hydrogens (tertiary/aromatic N) is 1. The number of carbonyl (C=O) groups excluding carboxylic acids is 1. The van der Waals surface area contributed by atoms with E-state index < -0.39 is 0 Å². The van der Waals surface area contributed by atoms with Crippen LogP contribution in [0.15, 0.2) is 28.7 Å². The Kier molecular flexibility index (Phi) is 6.52. The van der Waals surface area contributed by atoms with Gasteiger partial charge in [-0.25, -0.2) is 0 Å². The minimum atomic E-state index is -0.0742. The molecule has 1 unspecified atom stereocenters. The quantitative estimate of drug-likeness (QED) is 0.873. The van der Waals surface area contributed by atoms with Crippen LogP contribution in [0.5, 0.6) is 0 Å². The highest BCUT2D eigenvalue weighted by Gasteiger charge is 2.23. The molecule has 1 aromatic rings. The van der Waals surface area contributed by atoms with E-state index in [1.165, 1.54) is 5.56 Å². The first-order chi connectivity index (χ1) is 8.95. The lowest BCUT2D eigenvalue weighted by Gasteiger charge is -2.25. The van der Waals surface area contributed by atoms with Gasteiger partial charge in [0.25, 0.3) is 0 Å². The number of amides is 1. The molecular weight excluding hydrogens is 304 g/mol. The lowest BCUT2D eigenvalue weighted by molar-refractivity contribution is -0.135. The van der Waals surface area contributed by atoms with Crippen molar-refractivity contribution in [2.75, 3.05) is 20.1 Å². The molecule has 4 heteroatoms. The lowest BCUT2D eigenvalue weighted by atomic mass is 9.94. The summed E-state index contributed by atoms with van der Waals surface area (Å²) in [6.07, 6.45) is 0.866. The minimum absolute atomic E-state index is 0.0742. The molecule has 19 heavy (non-hydrogen) atoms. The van der Waals surface area contributed by atoms with Crippen molar-refractivity contribution in [3.05, 3.63) is 34.3 Å². The molecule has 0 spiro atoms. The number of carbonyl (C=O) groups is 1. The van der Waals surface area contributed by atoms with E-state index in [0.717, 1.165) is 17.4 Å². The molecule has 0 aliphatic rings. The molecule has 3 nitrogen and oxygen atoms in total. The summed E-state index contributed by atoms with van der Waals surface area (Å²) in [6.45, 7) is 5.22. The second-order valence-corrected chi connectivity index (χ2v) is 6.14. The Labute approximate surface area is 124 Å². The topological polar surface area (TPSA) is 46.3 Å². The SMILES string of the molecule is CC(C)C(CN)C(=O)N(C)CCc1ccc(Br)cc1. The molecule has 0 aromatic heterocycles. The van der Waals surface area contributed by atoms with Crippen molar-refractivity contribution in [3.8, 4) is 0 Å². The zero-order valence-corrected chi connectivity index (χ0v) is 13.5. The Bertz CT molecular complexity index is 403. The first-order valence-corrected chi connectivity index (χ1v) is 7.44. The molecule has 0 heterocycles. The monoisotopic (exact) mass is 326 g/mol. The van der Waals surface area contributed by atoms with E-state index in [2.05, 4.69) is 28.1 Å². The van der Waals surface area contributed by atoms with Crippen LogP contribution in [0.25, 0.3) is 0 Å².